The number of hydrazone groups is 1. The summed E-state index contributed by atoms with van der Waals surface area (Å²) >= 11 is 3.32. The van der Waals surface area contributed by atoms with Crippen LogP contribution in [0, 0.1) is 0 Å². The number of hydrogen-bond donors (Lipinski definition) is 2. The summed E-state index contributed by atoms with van der Waals surface area (Å²) in [6.07, 6.45) is 1.38. The van der Waals surface area contributed by atoms with E-state index in [1.54, 1.807) is 42.5 Å². The molecule has 0 saturated heterocycles. The molecule has 0 heterocycles. The predicted octanol–water partition coefficient (Wildman–Crippen LogP) is 3.58. The maximum atomic E-state index is 12.5. The summed E-state index contributed by atoms with van der Waals surface area (Å²) < 4.78 is 27.3. The Morgan fingerprint density at radius 1 is 0.795 bits per heavy atom. The van der Waals surface area contributed by atoms with Crippen LogP contribution < -0.4 is 34.4 Å². The van der Waals surface area contributed by atoms with Crippen LogP contribution in [0.4, 0.5) is 0 Å². The lowest BCUT2D eigenvalue weighted by atomic mass is 10.1. The van der Waals surface area contributed by atoms with Crippen molar-refractivity contribution in [1.29, 1.82) is 0 Å². The number of methoxy groups -OCH3 is 4. The van der Waals surface area contributed by atoms with Gasteiger partial charge < -0.3 is 29.0 Å². The summed E-state index contributed by atoms with van der Waals surface area (Å²) in [5, 5.41) is 6.39. The second-order valence-electron chi connectivity index (χ2n) is 7.70. The predicted molar refractivity (Wildman–Crippen MR) is 146 cm³/mol. The molecule has 0 atom stereocenters. The molecule has 204 valence electrons. The molecule has 0 spiro atoms. The van der Waals surface area contributed by atoms with E-state index in [9.17, 15) is 14.4 Å². The third-order valence-electron chi connectivity index (χ3n) is 5.21. The molecule has 3 aromatic rings. The molecule has 11 nitrogen and oxygen atoms in total. The molecule has 0 aliphatic carbocycles. The van der Waals surface area contributed by atoms with E-state index in [4.69, 9.17) is 23.7 Å². The van der Waals surface area contributed by atoms with Crippen LogP contribution in [-0.4, -0.2) is 59.0 Å². The first kappa shape index (κ1) is 29.0. The Balaban J connectivity index is 1.56. The van der Waals surface area contributed by atoms with Gasteiger partial charge in [-0.15, -0.1) is 0 Å². The Labute approximate surface area is 233 Å². The molecular formula is C27H26BrN3O8. The molecule has 2 N–H and O–H groups in total. The molecule has 0 unspecified atom stereocenters. The molecule has 0 aliphatic rings. The number of carbonyl (C=O) groups is 3. The molecule has 39 heavy (non-hydrogen) atoms. The average molecular weight is 600 g/mol. The van der Waals surface area contributed by atoms with Crippen LogP contribution in [0.5, 0.6) is 28.7 Å². The molecule has 0 bridgehead atoms. The summed E-state index contributed by atoms with van der Waals surface area (Å²) in [5.74, 6) is -0.139. The van der Waals surface area contributed by atoms with Gasteiger partial charge in [0.05, 0.1) is 46.8 Å². The van der Waals surface area contributed by atoms with E-state index in [0.29, 0.717) is 34.1 Å². The fourth-order valence-electron chi connectivity index (χ4n) is 3.29. The van der Waals surface area contributed by atoms with E-state index < -0.39 is 17.8 Å². The van der Waals surface area contributed by atoms with Crippen molar-refractivity contribution in [2.75, 3.05) is 35.0 Å². The zero-order valence-corrected chi connectivity index (χ0v) is 23.2. The molecule has 2 amide bonds. The minimum atomic E-state index is -0.556. The maximum absolute atomic E-state index is 12.5. The quantitative estimate of drug-likeness (QED) is 0.148. The Hall–Kier alpha value is -4.58. The number of nitrogens with one attached hydrogen (secondary N) is 2. The first-order valence-corrected chi connectivity index (χ1v) is 12.1. The van der Waals surface area contributed by atoms with Crippen molar-refractivity contribution in [3.63, 3.8) is 0 Å². The summed E-state index contributed by atoms with van der Waals surface area (Å²) in [5.41, 5.74) is 3.49. The van der Waals surface area contributed by atoms with Gasteiger partial charge in [-0.1, -0.05) is 15.9 Å². The lowest BCUT2D eigenvalue weighted by molar-refractivity contribution is -0.120. The highest BCUT2D eigenvalue weighted by Crippen LogP contribution is 2.38. The molecule has 0 aliphatic heterocycles. The highest BCUT2D eigenvalue weighted by molar-refractivity contribution is 9.10. The second kappa shape index (κ2) is 13.8. The molecular weight excluding hydrogens is 574 g/mol. The maximum Gasteiger partial charge on any atom is 0.343 e. The fraction of sp³-hybridized carbons (Fsp3) is 0.185. The second-order valence-corrected chi connectivity index (χ2v) is 8.61. The van der Waals surface area contributed by atoms with Gasteiger partial charge in [0, 0.05) is 10.0 Å². The van der Waals surface area contributed by atoms with Gasteiger partial charge in [-0.05, 0) is 60.2 Å². The number of esters is 1. The highest BCUT2D eigenvalue weighted by atomic mass is 79.9. The van der Waals surface area contributed by atoms with Crippen LogP contribution in [0.3, 0.4) is 0 Å². The van der Waals surface area contributed by atoms with Crippen molar-refractivity contribution in [2.45, 2.75) is 0 Å². The van der Waals surface area contributed by atoms with Gasteiger partial charge >= 0.3 is 5.97 Å². The van der Waals surface area contributed by atoms with Gasteiger partial charge in [0.1, 0.15) is 0 Å². The molecule has 3 rings (SSSR count). The summed E-state index contributed by atoms with van der Waals surface area (Å²) in [6.45, 7) is -0.332. The Bertz CT molecular complexity index is 1350. The van der Waals surface area contributed by atoms with Gasteiger partial charge in [-0.2, -0.15) is 5.10 Å². The van der Waals surface area contributed by atoms with Crippen molar-refractivity contribution < 1.29 is 38.1 Å². The summed E-state index contributed by atoms with van der Waals surface area (Å²) in [4.78, 5) is 37.1. The average Bonchev–Trinajstić information content (AvgIpc) is 2.95. The standard InChI is InChI=1S/C27H26BrN3O8/c1-35-21-11-16(5-10-20(21)39-27(34)17-6-8-19(28)9-7-17)14-30-31-24(32)15-29-26(33)18-12-22(36-2)25(38-4)23(13-18)37-3/h5-14H,15H2,1-4H3,(H,29,33)(H,31,32)/b30-14+. The fourth-order valence-corrected chi connectivity index (χ4v) is 3.55. The Kier molecular flexibility index (Phi) is 10.3. The Morgan fingerprint density at radius 3 is 2.03 bits per heavy atom. The van der Waals surface area contributed by atoms with Crippen LogP contribution in [-0.2, 0) is 4.79 Å². The van der Waals surface area contributed by atoms with E-state index in [-0.39, 0.29) is 17.9 Å². The van der Waals surface area contributed by atoms with Gasteiger partial charge in [-0.25, -0.2) is 10.2 Å². The van der Waals surface area contributed by atoms with Crippen molar-refractivity contribution in [3.05, 3.63) is 75.8 Å². The normalized spacial score (nSPS) is 10.5. The van der Waals surface area contributed by atoms with Crippen molar-refractivity contribution in [2.24, 2.45) is 5.10 Å². The van der Waals surface area contributed by atoms with Gasteiger partial charge in [-0.3, -0.25) is 9.59 Å². The number of nitrogens with zero attached hydrogens (tertiary/aromatic N) is 1. The van der Waals surface area contributed by atoms with Crippen LogP contribution in [0.25, 0.3) is 0 Å². The topological polar surface area (TPSA) is 134 Å². The number of hydrogen-bond acceptors (Lipinski definition) is 9. The molecule has 0 saturated carbocycles. The summed E-state index contributed by atoms with van der Waals surface area (Å²) in [6, 6.07) is 14.5. The molecule has 0 radical (unpaired) electrons. The number of halogens is 1. The zero-order chi connectivity index (χ0) is 28.4. The third-order valence-corrected chi connectivity index (χ3v) is 5.74. The number of benzene rings is 3. The largest absolute Gasteiger partial charge is 0.493 e. The highest BCUT2D eigenvalue weighted by Gasteiger charge is 2.17. The van der Waals surface area contributed by atoms with Gasteiger partial charge in [0.2, 0.25) is 5.75 Å². The lowest BCUT2D eigenvalue weighted by Crippen LogP contribution is -2.34. The van der Waals surface area contributed by atoms with Crippen LogP contribution in [0.2, 0.25) is 0 Å². The van der Waals surface area contributed by atoms with Gasteiger partial charge in [0.15, 0.2) is 23.0 Å². The zero-order valence-electron chi connectivity index (χ0n) is 21.6. The monoisotopic (exact) mass is 599 g/mol. The third kappa shape index (κ3) is 7.71. The molecule has 3 aromatic carbocycles. The first-order valence-electron chi connectivity index (χ1n) is 11.4. The van der Waals surface area contributed by atoms with E-state index in [1.165, 1.54) is 46.8 Å². The minimum absolute atomic E-state index is 0.217. The minimum Gasteiger partial charge on any atom is -0.493 e. The smallest absolute Gasteiger partial charge is 0.343 e. The Morgan fingerprint density at radius 2 is 1.44 bits per heavy atom. The van der Waals surface area contributed by atoms with Crippen LogP contribution in [0.1, 0.15) is 26.3 Å². The van der Waals surface area contributed by atoms with Crippen LogP contribution in [0.15, 0.2) is 64.2 Å². The number of carbonyl (C=O) groups excluding carboxylic acids is 3. The SMILES string of the molecule is COc1cc(/C=N/NC(=O)CNC(=O)c2cc(OC)c(OC)c(OC)c2)ccc1OC(=O)c1ccc(Br)cc1. The number of ether oxygens (including phenoxy) is 5. The molecule has 0 fully saturated rings. The summed E-state index contributed by atoms with van der Waals surface area (Å²) in [7, 11) is 5.76. The lowest BCUT2D eigenvalue weighted by Gasteiger charge is -2.14. The first-order chi connectivity index (χ1) is 18.8. The molecule has 12 heteroatoms. The van der Waals surface area contributed by atoms with Crippen molar-refractivity contribution in [1.82, 2.24) is 10.7 Å². The van der Waals surface area contributed by atoms with Crippen molar-refractivity contribution >= 4 is 39.9 Å². The number of amides is 2. The van der Waals surface area contributed by atoms with Crippen LogP contribution >= 0.6 is 15.9 Å². The molecule has 0 aromatic heterocycles. The van der Waals surface area contributed by atoms with E-state index >= 15 is 0 Å². The van der Waals surface area contributed by atoms with Crippen molar-refractivity contribution in [3.8, 4) is 28.7 Å². The van der Waals surface area contributed by atoms with E-state index in [0.717, 1.165) is 4.47 Å². The van der Waals surface area contributed by atoms with Gasteiger partial charge in [0.25, 0.3) is 11.8 Å². The van der Waals surface area contributed by atoms with E-state index in [2.05, 4.69) is 31.8 Å². The number of rotatable bonds is 11. The van der Waals surface area contributed by atoms with E-state index in [1.807, 2.05) is 0 Å².